The van der Waals surface area contributed by atoms with Crippen molar-refractivity contribution in [1.29, 1.82) is 0 Å². The number of amides is 1. The average Bonchev–Trinajstić information content (AvgIpc) is 3.34. The van der Waals surface area contributed by atoms with Crippen LogP contribution in [0, 0.1) is 13.8 Å². The monoisotopic (exact) mass is 454 g/mol. The number of nitrogens with zero attached hydrogens (tertiary/aromatic N) is 3. The zero-order valence-electron chi connectivity index (χ0n) is 16.9. The minimum absolute atomic E-state index is 0.183. The third-order valence-corrected chi connectivity index (χ3v) is 6.41. The lowest BCUT2D eigenvalue weighted by Crippen LogP contribution is -2.13. The fraction of sp³-hybridized carbons (Fsp3) is 0.143. The molecule has 0 unspecified atom stereocenters. The van der Waals surface area contributed by atoms with Crippen molar-refractivity contribution in [3.63, 3.8) is 0 Å². The number of anilines is 1. The van der Waals surface area contributed by atoms with E-state index < -0.39 is 15.7 Å². The smallest absolute Gasteiger partial charge is 0.263 e. The molecule has 158 valence electrons. The fourth-order valence-corrected chi connectivity index (χ4v) is 4.32. The van der Waals surface area contributed by atoms with Crippen molar-refractivity contribution >= 4 is 32.2 Å². The Morgan fingerprint density at radius 3 is 2.45 bits per heavy atom. The first-order chi connectivity index (χ1) is 14.7. The summed E-state index contributed by atoms with van der Waals surface area (Å²) in [5.41, 5.74) is 3.43. The van der Waals surface area contributed by atoms with Gasteiger partial charge in [-0.2, -0.15) is 0 Å². The number of sulfone groups is 1. The summed E-state index contributed by atoms with van der Waals surface area (Å²) in [4.78, 5) is 22.0. The molecule has 8 nitrogen and oxygen atoms in total. The van der Waals surface area contributed by atoms with E-state index in [9.17, 15) is 13.2 Å². The Kier molecular flexibility index (Phi) is 5.42. The van der Waals surface area contributed by atoms with Gasteiger partial charge >= 0.3 is 0 Å². The van der Waals surface area contributed by atoms with E-state index in [0.29, 0.717) is 27.8 Å². The highest BCUT2D eigenvalue weighted by Crippen LogP contribution is 2.29. The summed E-state index contributed by atoms with van der Waals surface area (Å²) in [6.07, 6.45) is 1.13. The van der Waals surface area contributed by atoms with Crippen LogP contribution in [0.2, 0.25) is 0 Å². The van der Waals surface area contributed by atoms with Gasteiger partial charge in [0.05, 0.1) is 10.6 Å². The van der Waals surface area contributed by atoms with Gasteiger partial charge in [0, 0.05) is 22.9 Å². The Labute approximate surface area is 182 Å². The summed E-state index contributed by atoms with van der Waals surface area (Å²) < 4.78 is 28.6. The topological polar surface area (TPSA) is 115 Å². The van der Waals surface area contributed by atoms with Crippen LogP contribution in [0.4, 0.5) is 5.13 Å². The molecule has 3 aromatic heterocycles. The van der Waals surface area contributed by atoms with Crippen LogP contribution in [0.25, 0.3) is 22.6 Å². The highest BCUT2D eigenvalue weighted by atomic mass is 32.2. The quantitative estimate of drug-likeness (QED) is 0.482. The molecule has 0 fully saturated rings. The lowest BCUT2D eigenvalue weighted by Gasteiger charge is -2.04. The van der Waals surface area contributed by atoms with Crippen molar-refractivity contribution in [3.05, 3.63) is 64.9 Å². The van der Waals surface area contributed by atoms with Gasteiger partial charge in [0.15, 0.2) is 15.0 Å². The summed E-state index contributed by atoms with van der Waals surface area (Å²) in [6.45, 7) is 3.54. The summed E-state index contributed by atoms with van der Waals surface area (Å²) in [5.74, 6) is -0.0733. The highest BCUT2D eigenvalue weighted by Gasteiger charge is 2.23. The van der Waals surface area contributed by atoms with E-state index in [4.69, 9.17) is 4.52 Å². The van der Waals surface area contributed by atoms with Crippen LogP contribution in [0.5, 0.6) is 0 Å². The molecule has 1 N–H and O–H groups in total. The van der Waals surface area contributed by atoms with Gasteiger partial charge in [-0.3, -0.25) is 15.1 Å². The second-order valence-corrected chi connectivity index (χ2v) is 9.79. The normalized spacial score (nSPS) is 11.5. The molecular formula is C21H18N4O4S2. The Morgan fingerprint density at radius 2 is 1.77 bits per heavy atom. The van der Waals surface area contributed by atoms with Crippen molar-refractivity contribution in [3.8, 4) is 22.6 Å². The van der Waals surface area contributed by atoms with Gasteiger partial charge in [-0.05, 0) is 38.1 Å². The average molecular weight is 455 g/mol. The van der Waals surface area contributed by atoms with E-state index in [-0.39, 0.29) is 10.5 Å². The van der Waals surface area contributed by atoms with Gasteiger partial charge in [0.1, 0.15) is 22.7 Å². The molecule has 0 saturated heterocycles. The minimum atomic E-state index is -3.32. The molecule has 0 aliphatic heterocycles. The first kappa shape index (κ1) is 20.9. The Hall–Kier alpha value is -3.37. The maximum atomic E-state index is 13.0. The Bertz CT molecular complexity index is 1370. The van der Waals surface area contributed by atoms with E-state index in [2.05, 4.69) is 20.4 Å². The summed E-state index contributed by atoms with van der Waals surface area (Å²) >= 11 is 1.29. The van der Waals surface area contributed by atoms with Crippen LogP contribution < -0.4 is 5.32 Å². The number of aromatic nitrogens is 3. The number of rotatable bonds is 5. The van der Waals surface area contributed by atoms with E-state index in [1.807, 2.05) is 30.5 Å². The molecule has 1 aromatic carbocycles. The molecule has 0 aliphatic rings. The van der Waals surface area contributed by atoms with E-state index in [1.54, 1.807) is 19.1 Å². The molecule has 0 saturated carbocycles. The molecule has 31 heavy (non-hydrogen) atoms. The van der Waals surface area contributed by atoms with Gasteiger partial charge in [-0.1, -0.05) is 23.4 Å². The fourth-order valence-electron chi connectivity index (χ4n) is 2.99. The predicted octanol–water partition coefficient (Wildman–Crippen LogP) is 4.13. The summed E-state index contributed by atoms with van der Waals surface area (Å²) in [5, 5.41) is 9.01. The maximum Gasteiger partial charge on any atom is 0.263 e. The van der Waals surface area contributed by atoms with Gasteiger partial charge in [-0.25, -0.2) is 13.4 Å². The first-order valence-electron chi connectivity index (χ1n) is 9.20. The molecule has 0 radical (unpaired) electrons. The highest BCUT2D eigenvalue weighted by molar-refractivity contribution is 7.90. The largest absolute Gasteiger partial charge is 0.360 e. The summed E-state index contributed by atoms with van der Waals surface area (Å²) in [6, 6.07) is 11.8. The Morgan fingerprint density at radius 1 is 1.03 bits per heavy atom. The van der Waals surface area contributed by atoms with Crippen LogP contribution in [0.3, 0.4) is 0 Å². The number of hydrogen-bond acceptors (Lipinski definition) is 8. The molecule has 3 heterocycles. The molecule has 0 bridgehead atoms. The van der Waals surface area contributed by atoms with Crippen molar-refractivity contribution in [2.24, 2.45) is 0 Å². The van der Waals surface area contributed by atoms with Crippen molar-refractivity contribution in [2.75, 3.05) is 11.6 Å². The number of carbonyl (C=O) groups excluding carboxylic acids is 1. The third kappa shape index (κ3) is 4.39. The Balaban J connectivity index is 1.60. The third-order valence-electron chi connectivity index (χ3n) is 4.52. The molecule has 0 atom stereocenters. The minimum Gasteiger partial charge on any atom is -0.360 e. The zero-order valence-corrected chi connectivity index (χ0v) is 18.5. The van der Waals surface area contributed by atoms with E-state index >= 15 is 0 Å². The van der Waals surface area contributed by atoms with Gasteiger partial charge in [-0.15, -0.1) is 11.3 Å². The van der Waals surface area contributed by atoms with Crippen LogP contribution in [-0.2, 0) is 9.84 Å². The number of carbonyl (C=O) groups is 1. The first-order valence-corrected chi connectivity index (χ1v) is 12.0. The van der Waals surface area contributed by atoms with Crippen molar-refractivity contribution in [1.82, 2.24) is 15.1 Å². The van der Waals surface area contributed by atoms with Crippen LogP contribution in [-0.4, -0.2) is 35.7 Å². The second-order valence-electron chi connectivity index (χ2n) is 6.92. The molecule has 10 heteroatoms. The molecule has 1 amide bonds. The number of pyridine rings is 1. The van der Waals surface area contributed by atoms with Crippen molar-refractivity contribution < 1.29 is 17.7 Å². The lowest BCUT2D eigenvalue weighted by molar-refractivity contribution is 0.102. The zero-order chi connectivity index (χ0) is 22.2. The molecule has 4 rings (SSSR count). The second kappa shape index (κ2) is 8.05. The molecular weight excluding hydrogens is 436 g/mol. The number of hydrogen-bond donors (Lipinski definition) is 1. The van der Waals surface area contributed by atoms with Crippen LogP contribution in [0.1, 0.15) is 21.8 Å². The molecule has 0 spiro atoms. The maximum absolute atomic E-state index is 13.0. The van der Waals surface area contributed by atoms with E-state index in [0.717, 1.165) is 17.6 Å². The number of nitrogens with one attached hydrogen (secondary N) is 1. The predicted molar refractivity (Wildman–Crippen MR) is 118 cm³/mol. The number of thiazole rings is 1. The van der Waals surface area contributed by atoms with Gasteiger partial charge < -0.3 is 4.52 Å². The van der Waals surface area contributed by atoms with Gasteiger partial charge in [0.2, 0.25) is 0 Å². The van der Waals surface area contributed by atoms with Gasteiger partial charge in [0.25, 0.3) is 5.91 Å². The SMILES string of the molecule is Cc1cccc(-c2csc(NC(=O)c3c(-c4ccc(S(C)(=O)=O)cc4)noc3C)n2)n1. The summed E-state index contributed by atoms with van der Waals surface area (Å²) in [7, 11) is -3.32. The lowest BCUT2D eigenvalue weighted by atomic mass is 10.1. The molecule has 4 aromatic rings. The standard InChI is InChI=1S/C21H18N4O4S2/c1-12-5-4-6-16(22-12)17-11-30-21(23-17)24-20(26)18-13(2)29-25-19(18)14-7-9-15(10-8-14)31(3,27)28/h4-11H,1-3H3,(H,23,24,26). The molecule has 0 aliphatic carbocycles. The van der Waals surface area contributed by atoms with Crippen LogP contribution in [0.15, 0.2) is 57.3 Å². The number of aryl methyl sites for hydroxylation is 2. The van der Waals surface area contributed by atoms with E-state index in [1.165, 1.54) is 23.5 Å². The van der Waals surface area contributed by atoms with Crippen molar-refractivity contribution in [2.45, 2.75) is 18.7 Å². The van der Waals surface area contributed by atoms with Crippen LogP contribution >= 0.6 is 11.3 Å². The number of benzene rings is 1.